The summed E-state index contributed by atoms with van der Waals surface area (Å²) in [5.74, 6) is -1.53. The van der Waals surface area contributed by atoms with Gasteiger partial charge in [0.2, 0.25) is 0 Å². The molecule has 4 aromatic carbocycles. The van der Waals surface area contributed by atoms with Crippen LogP contribution in [0.15, 0.2) is 95.9 Å². The highest BCUT2D eigenvalue weighted by Gasteiger charge is 2.23. The summed E-state index contributed by atoms with van der Waals surface area (Å²) in [6, 6.07) is 20.6. The molecule has 1 amide bonds. The zero-order valence-corrected chi connectivity index (χ0v) is 21.4. The van der Waals surface area contributed by atoms with Gasteiger partial charge in [0, 0.05) is 17.1 Å². The van der Waals surface area contributed by atoms with Crippen LogP contribution in [0.2, 0.25) is 10.0 Å². The van der Waals surface area contributed by atoms with Gasteiger partial charge in [0.25, 0.3) is 5.91 Å². The van der Waals surface area contributed by atoms with E-state index in [0.717, 1.165) is 24.3 Å². The minimum Gasteiger partial charge on any atom is -0.379 e. The minimum absolute atomic E-state index is 0.0565. The molecule has 0 N–H and O–H groups in total. The second kappa shape index (κ2) is 11.3. The Labute approximate surface area is 223 Å². The third-order valence-corrected chi connectivity index (χ3v) is 7.18. The fourth-order valence-electron chi connectivity index (χ4n) is 3.54. The molecular formula is C27H19Cl2F2NO4S. The van der Waals surface area contributed by atoms with Crippen LogP contribution in [-0.4, -0.2) is 19.2 Å². The first-order valence-corrected chi connectivity index (χ1v) is 13.1. The van der Waals surface area contributed by atoms with E-state index in [4.69, 9.17) is 27.4 Å². The third kappa shape index (κ3) is 6.65. The molecule has 37 heavy (non-hydrogen) atoms. The summed E-state index contributed by atoms with van der Waals surface area (Å²) < 4.78 is 57.8. The fourth-order valence-corrected chi connectivity index (χ4v) is 4.92. The average molecular weight is 562 g/mol. The number of amides is 1. The van der Waals surface area contributed by atoms with E-state index in [-0.39, 0.29) is 39.3 Å². The van der Waals surface area contributed by atoms with Gasteiger partial charge in [0.1, 0.15) is 22.3 Å². The average Bonchev–Trinajstić information content (AvgIpc) is 2.86. The third-order valence-electron chi connectivity index (χ3n) is 5.36. The molecule has 0 spiro atoms. The van der Waals surface area contributed by atoms with Crippen LogP contribution in [0.3, 0.4) is 0 Å². The molecule has 0 heterocycles. The first kappa shape index (κ1) is 26.6. The predicted molar refractivity (Wildman–Crippen MR) is 137 cm³/mol. The summed E-state index contributed by atoms with van der Waals surface area (Å²) in [6.45, 7) is -0.0583. The zero-order valence-electron chi connectivity index (χ0n) is 19.1. The molecule has 0 aliphatic rings. The summed E-state index contributed by atoms with van der Waals surface area (Å²) >= 11 is 12.5. The summed E-state index contributed by atoms with van der Waals surface area (Å²) in [6.07, 6.45) is 0. The van der Waals surface area contributed by atoms with Gasteiger partial charge >= 0.3 is 10.1 Å². The first-order chi connectivity index (χ1) is 17.6. The Bertz CT molecular complexity index is 1530. The van der Waals surface area contributed by atoms with Crippen LogP contribution in [-0.2, 0) is 23.2 Å². The molecule has 0 aliphatic carbocycles. The van der Waals surface area contributed by atoms with E-state index in [1.807, 2.05) is 0 Å². The molecule has 0 fully saturated rings. The molecule has 0 aliphatic heterocycles. The highest BCUT2D eigenvalue weighted by molar-refractivity contribution is 7.87. The number of carbonyl (C=O) groups excluding carboxylic acids is 1. The molecule has 10 heteroatoms. The number of hydrogen-bond acceptors (Lipinski definition) is 4. The standard InChI is InChI=1S/C27H19Cl2F2NO4S/c28-20-7-14-26(36-37(34,35)23-12-10-22(31)11-13-23)19(15-20)17-32(16-18-5-8-21(30)9-6-18)27(33)24-3-1-2-4-25(24)29/h1-15H,16-17H2. The molecule has 0 unspecified atom stereocenters. The topological polar surface area (TPSA) is 63.7 Å². The molecule has 4 aromatic rings. The van der Waals surface area contributed by atoms with Gasteiger partial charge in [-0.05, 0) is 72.3 Å². The smallest absolute Gasteiger partial charge is 0.339 e. The lowest BCUT2D eigenvalue weighted by atomic mass is 10.1. The highest BCUT2D eigenvalue weighted by Crippen LogP contribution is 2.29. The molecule has 0 atom stereocenters. The summed E-state index contributed by atoms with van der Waals surface area (Å²) in [7, 11) is -4.32. The van der Waals surface area contributed by atoms with E-state index >= 15 is 0 Å². The quantitative estimate of drug-likeness (QED) is 0.220. The van der Waals surface area contributed by atoms with Crippen LogP contribution in [0.1, 0.15) is 21.5 Å². The van der Waals surface area contributed by atoms with Crippen LogP contribution < -0.4 is 4.18 Å². The van der Waals surface area contributed by atoms with Gasteiger partial charge in [-0.3, -0.25) is 4.79 Å². The zero-order chi connectivity index (χ0) is 26.6. The Morgan fingerprint density at radius 1 is 0.811 bits per heavy atom. The Kier molecular flexibility index (Phi) is 8.12. The van der Waals surface area contributed by atoms with Crippen molar-refractivity contribution in [3.8, 4) is 5.75 Å². The number of hydrogen-bond donors (Lipinski definition) is 0. The molecule has 5 nitrogen and oxygen atoms in total. The van der Waals surface area contributed by atoms with Gasteiger partial charge in [0.05, 0.1) is 17.1 Å². The second-order valence-electron chi connectivity index (χ2n) is 8.01. The normalized spacial score (nSPS) is 11.2. The van der Waals surface area contributed by atoms with Gasteiger partial charge in [-0.15, -0.1) is 0 Å². The largest absolute Gasteiger partial charge is 0.379 e. The maximum atomic E-state index is 13.5. The fraction of sp³-hybridized carbons (Fsp3) is 0.0741. The van der Waals surface area contributed by atoms with E-state index in [0.29, 0.717) is 11.1 Å². The predicted octanol–water partition coefficient (Wildman–Crippen LogP) is 6.88. The number of benzene rings is 4. The van der Waals surface area contributed by atoms with Crippen LogP contribution >= 0.6 is 23.2 Å². The lowest BCUT2D eigenvalue weighted by molar-refractivity contribution is 0.0729. The Balaban J connectivity index is 1.70. The number of carbonyl (C=O) groups is 1. The maximum absolute atomic E-state index is 13.5. The van der Waals surface area contributed by atoms with E-state index < -0.39 is 27.7 Å². The number of rotatable bonds is 8. The lowest BCUT2D eigenvalue weighted by Crippen LogP contribution is -2.30. The monoisotopic (exact) mass is 561 g/mol. The van der Waals surface area contributed by atoms with Gasteiger partial charge in [0.15, 0.2) is 0 Å². The van der Waals surface area contributed by atoms with E-state index in [1.54, 1.807) is 24.3 Å². The molecule has 0 aromatic heterocycles. The molecule has 0 radical (unpaired) electrons. The van der Waals surface area contributed by atoms with Gasteiger partial charge < -0.3 is 9.08 Å². The molecular weight excluding hydrogens is 543 g/mol. The summed E-state index contributed by atoms with van der Waals surface area (Å²) in [4.78, 5) is 14.7. The van der Waals surface area contributed by atoms with Crippen LogP contribution in [0.5, 0.6) is 5.75 Å². The molecule has 4 rings (SSSR count). The lowest BCUT2D eigenvalue weighted by Gasteiger charge is -2.25. The molecule has 0 saturated heterocycles. The second-order valence-corrected chi connectivity index (χ2v) is 10.4. The minimum atomic E-state index is -4.32. The van der Waals surface area contributed by atoms with Crippen molar-refractivity contribution in [3.05, 3.63) is 129 Å². The number of halogens is 4. The van der Waals surface area contributed by atoms with Gasteiger partial charge in [-0.25, -0.2) is 8.78 Å². The SMILES string of the molecule is O=C(c1ccccc1Cl)N(Cc1ccc(F)cc1)Cc1cc(Cl)ccc1OS(=O)(=O)c1ccc(F)cc1. The van der Waals surface area contributed by atoms with Crippen LogP contribution in [0.4, 0.5) is 8.78 Å². The summed E-state index contributed by atoms with van der Waals surface area (Å²) in [5, 5.41) is 0.520. The molecule has 0 bridgehead atoms. The highest BCUT2D eigenvalue weighted by atomic mass is 35.5. The maximum Gasteiger partial charge on any atom is 0.339 e. The number of nitrogens with zero attached hydrogens (tertiary/aromatic N) is 1. The van der Waals surface area contributed by atoms with Crippen LogP contribution in [0, 0.1) is 11.6 Å². The van der Waals surface area contributed by atoms with Crippen molar-refractivity contribution in [2.45, 2.75) is 18.0 Å². The van der Waals surface area contributed by atoms with Crippen molar-refractivity contribution in [2.24, 2.45) is 0 Å². The van der Waals surface area contributed by atoms with Crippen molar-refractivity contribution in [2.75, 3.05) is 0 Å². The van der Waals surface area contributed by atoms with E-state index in [2.05, 4.69) is 0 Å². The Morgan fingerprint density at radius 2 is 1.43 bits per heavy atom. The Hall–Kier alpha value is -3.46. The molecule has 190 valence electrons. The first-order valence-electron chi connectivity index (χ1n) is 10.9. The van der Waals surface area contributed by atoms with Gasteiger partial charge in [-0.2, -0.15) is 8.42 Å². The van der Waals surface area contributed by atoms with E-state index in [1.165, 1.54) is 47.4 Å². The van der Waals surface area contributed by atoms with Crippen molar-refractivity contribution >= 4 is 39.2 Å². The van der Waals surface area contributed by atoms with E-state index in [9.17, 15) is 22.0 Å². The van der Waals surface area contributed by atoms with Crippen molar-refractivity contribution < 1.29 is 26.2 Å². The van der Waals surface area contributed by atoms with Crippen molar-refractivity contribution in [1.82, 2.24) is 4.90 Å². The molecule has 0 saturated carbocycles. The van der Waals surface area contributed by atoms with Crippen LogP contribution in [0.25, 0.3) is 0 Å². The van der Waals surface area contributed by atoms with Gasteiger partial charge in [-0.1, -0.05) is 47.5 Å². The van der Waals surface area contributed by atoms with Crippen molar-refractivity contribution in [3.63, 3.8) is 0 Å². The summed E-state index contributed by atoms with van der Waals surface area (Å²) in [5.41, 5.74) is 1.15. The van der Waals surface area contributed by atoms with Crippen molar-refractivity contribution in [1.29, 1.82) is 0 Å². The Morgan fingerprint density at radius 3 is 2.08 bits per heavy atom.